The highest BCUT2D eigenvalue weighted by Gasteiger charge is 2.40. The Balaban J connectivity index is 1.47. The number of rotatable bonds is 3. The van der Waals surface area contributed by atoms with Crippen molar-refractivity contribution in [2.45, 2.75) is 18.6 Å². The zero-order valence-corrected chi connectivity index (χ0v) is 14.5. The van der Waals surface area contributed by atoms with E-state index in [0.717, 1.165) is 12.1 Å². The van der Waals surface area contributed by atoms with Gasteiger partial charge in [0.2, 0.25) is 5.95 Å². The molecule has 2 aliphatic rings. The first kappa shape index (κ1) is 17.7. The molecule has 142 valence electrons. The molecule has 0 radical (unpaired) electrons. The Morgan fingerprint density at radius 3 is 2.44 bits per heavy atom. The molecule has 0 aliphatic carbocycles. The number of ether oxygens (including phenoxy) is 2. The summed E-state index contributed by atoms with van der Waals surface area (Å²) in [6, 6.07) is 4.76. The number of halogens is 2. The van der Waals surface area contributed by atoms with E-state index in [1.807, 2.05) is 4.90 Å². The summed E-state index contributed by atoms with van der Waals surface area (Å²) in [4.78, 5) is 22.7. The van der Waals surface area contributed by atoms with E-state index in [1.54, 1.807) is 0 Å². The Morgan fingerprint density at radius 1 is 1.11 bits per heavy atom. The van der Waals surface area contributed by atoms with E-state index in [-0.39, 0.29) is 5.69 Å². The van der Waals surface area contributed by atoms with Crippen LogP contribution in [0.3, 0.4) is 0 Å². The van der Waals surface area contributed by atoms with E-state index in [4.69, 9.17) is 9.47 Å². The van der Waals surface area contributed by atoms with Crippen LogP contribution in [0.2, 0.25) is 0 Å². The number of carbonyl (C=O) groups is 1. The van der Waals surface area contributed by atoms with E-state index < -0.39 is 29.0 Å². The van der Waals surface area contributed by atoms with Crippen LogP contribution in [-0.2, 0) is 9.47 Å². The maximum atomic E-state index is 13.7. The number of piperidine rings is 1. The molecule has 0 unspecified atom stereocenters. The zero-order chi connectivity index (χ0) is 18.9. The fraction of sp³-hybridized carbons (Fsp3) is 0.389. The molecule has 1 aromatic heterocycles. The topological polar surface area (TPSA) is 76.6 Å². The molecule has 0 saturated carbocycles. The van der Waals surface area contributed by atoms with Gasteiger partial charge in [-0.15, -0.1) is 0 Å². The van der Waals surface area contributed by atoms with Crippen LogP contribution in [0.25, 0.3) is 0 Å². The summed E-state index contributed by atoms with van der Waals surface area (Å²) in [6.45, 7) is 2.43. The predicted molar refractivity (Wildman–Crippen MR) is 92.4 cm³/mol. The van der Waals surface area contributed by atoms with Gasteiger partial charge in [-0.25, -0.2) is 18.7 Å². The van der Waals surface area contributed by atoms with Crippen molar-refractivity contribution < 1.29 is 23.0 Å². The normalized spacial score (nSPS) is 18.7. The quantitative estimate of drug-likeness (QED) is 0.886. The van der Waals surface area contributed by atoms with Gasteiger partial charge in [-0.3, -0.25) is 4.79 Å². The largest absolute Gasteiger partial charge is 0.347 e. The maximum Gasteiger partial charge on any atom is 0.274 e. The van der Waals surface area contributed by atoms with Crippen molar-refractivity contribution in [1.82, 2.24) is 9.97 Å². The van der Waals surface area contributed by atoms with Gasteiger partial charge in [-0.2, -0.15) is 0 Å². The van der Waals surface area contributed by atoms with Crippen LogP contribution in [0.4, 0.5) is 20.4 Å². The Bertz CT molecular complexity index is 828. The highest BCUT2D eigenvalue weighted by atomic mass is 19.1. The maximum absolute atomic E-state index is 13.7. The Morgan fingerprint density at radius 2 is 1.78 bits per heavy atom. The molecular formula is C18H18F2N4O3. The van der Waals surface area contributed by atoms with Crippen LogP contribution < -0.4 is 10.2 Å². The predicted octanol–water partition coefficient (Wildman–Crippen LogP) is 2.35. The molecule has 9 heteroatoms. The van der Waals surface area contributed by atoms with Crippen molar-refractivity contribution in [1.29, 1.82) is 0 Å². The molecule has 1 spiro atoms. The van der Waals surface area contributed by atoms with Crippen LogP contribution in [0.1, 0.15) is 23.3 Å². The summed E-state index contributed by atoms with van der Waals surface area (Å²) in [6.07, 6.45) is 2.79. The molecule has 2 aliphatic heterocycles. The van der Waals surface area contributed by atoms with Gasteiger partial charge < -0.3 is 19.7 Å². The van der Waals surface area contributed by atoms with Crippen LogP contribution >= 0.6 is 0 Å². The number of aromatic nitrogens is 2. The second-order valence-electron chi connectivity index (χ2n) is 6.39. The number of hydrogen-bond acceptors (Lipinski definition) is 6. The SMILES string of the molecule is O=C(Nc1c(F)cccc1F)c1ccnc(N2CCC3(CC2)OCCO3)n1. The number of benzene rings is 1. The van der Waals surface area contributed by atoms with Gasteiger partial charge in [-0.1, -0.05) is 6.07 Å². The van der Waals surface area contributed by atoms with E-state index >= 15 is 0 Å². The number of para-hydroxylation sites is 1. The lowest BCUT2D eigenvalue weighted by atomic mass is 10.0. The van der Waals surface area contributed by atoms with Crippen LogP contribution in [0.15, 0.2) is 30.5 Å². The summed E-state index contributed by atoms with van der Waals surface area (Å²) >= 11 is 0. The second-order valence-corrected chi connectivity index (χ2v) is 6.39. The molecule has 1 aromatic carbocycles. The molecule has 1 amide bonds. The van der Waals surface area contributed by atoms with Gasteiger partial charge in [0.25, 0.3) is 5.91 Å². The monoisotopic (exact) mass is 376 g/mol. The second kappa shape index (κ2) is 7.16. The number of nitrogens with one attached hydrogen (secondary N) is 1. The van der Waals surface area contributed by atoms with Gasteiger partial charge in [-0.05, 0) is 18.2 Å². The minimum Gasteiger partial charge on any atom is -0.347 e. The number of nitrogens with zero attached hydrogens (tertiary/aromatic N) is 3. The number of hydrogen-bond donors (Lipinski definition) is 1. The van der Waals surface area contributed by atoms with E-state index in [9.17, 15) is 13.6 Å². The number of carbonyl (C=O) groups excluding carboxylic acids is 1. The van der Waals surface area contributed by atoms with Gasteiger partial charge in [0.05, 0.1) is 13.2 Å². The Hall–Kier alpha value is -2.65. The number of amides is 1. The van der Waals surface area contributed by atoms with Crippen LogP contribution in [-0.4, -0.2) is 48.0 Å². The first-order chi connectivity index (χ1) is 13.1. The molecule has 2 saturated heterocycles. The fourth-order valence-corrected chi connectivity index (χ4v) is 3.26. The summed E-state index contributed by atoms with van der Waals surface area (Å²) in [5.41, 5.74) is -0.477. The highest BCUT2D eigenvalue weighted by Crippen LogP contribution is 2.32. The number of anilines is 2. The third kappa shape index (κ3) is 3.60. The molecule has 0 atom stereocenters. The fourth-order valence-electron chi connectivity index (χ4n) is 3.26. The van der Waals surface area contributed by atoms with E-state index in [2.05, 4.69) is 15.3 Å². The molecule has 3 heterocycles. The van der Waals surface area contributed by atoms with Gasteiger partial charge in [0.15, 0.2) is 5.79 Å². The highest BCUT2D eigenvalue weighted by molar-refractivity contribution is 6.03. The molecule has 4 rings (SSSR count). The van der Waals surface area contributed by atoms with Crippen molar-refractivity contribution in [3.8, 4) is 0 Å². The van der Waals surface area contributed by atoms with Gasteiger partial charge >= 0.3 is 0 Å². The van der Waals surface area contributed by atoms with Crippen molar-refractivity contribution in [3.05, 3.63) is 47.8 Å². The minimum atomic E-state index is -0.851. The summed E-state index contributed by atoms with van der Waals surface area (Å²) in [5.74, 6) is -2.55. The third-order valence-corrected chi connectivity index (χ3v) is 4.70. The van der Waals surface area contributed by atoms with E-state index in [1.165, 1.54) is 18.3 Å². The van der Waals surface area contributed by atoms with Crippen molar-refractivity contribution in [2.24, 2.45) is 0 Å². The molecule has 0 bridgehead atoms. The first-order valence-corrected chi connectivity index (χ1v) is 8.68. The van der Waals surface area contributed by atoms with Crippen molar-refractivity contribution in [2.75, 3.05) is 36.5 Å². The van der Waals surface area contributed by atoms with Crippen LogP contribution in [0, 0.1) is 11.6 Å². The van der Waals surface area contributed by atoms with E-state index in [0.29, 0.717) is 45.1 Å². The van der Waals surface area contributed by atoms with Gasteiger partial charge in [0, 0.05) is 32.1 Å². The Labute approximate surface area is 154 Å². The minimum absolute atomic E-state index is 0.0244. The molecule has 2 fully saturated rings. The zero-order valence-electron chi connectivity index (χ0n) is 14.5. The first-order valence-electron chi connectivity index (χ1n) is 8.68. The standard InChI is InChI=1S/C18H18F2N4O3/c19-12-2-1-3-13(20)15(12)23-16(25)14-4-7-21-17(22-14)24-8-5-18(6-9-24)26-10-11-27-18/h1-4,7H,5-6,8-11H2,(H,23,25). The average Bonchev–Trinajstić information content (AvgIpc) is 3.13. The lowest BCUT2D eigenvalue weighted by molar-refractivity contribution is -0.169. The summed E-state index contributed by atoms with van der Waals surface area (Å²) in [7, 11) is 0. The third-order valence-electron chi connectivity index (χ3n) is 4.70. The summed E-state index contributed by atoms with van der Waals surface area (Å²) < 4.78 is 38.8. The van der Waals surface area contributed by atoms with Gasteiger partial charge in [0.1, 0.15) is 23.0 Å². The molecule has 1 N–H and O–H groups in total. The lowest BCUT2D eigenvalue weighted by Crippen LogP contribution is -2.45. The molecule has 2 aromatic rings. The smallest absolute Gasteiger partial charge is 0.274 e. The molecule has 27 heavy (non-hydrogen) atoms. The molecular weight excluding hydrogens is 358 g/mol. The summed E-state index contributed by atoms with van der Waals surface area (Å²) in [5, 5.41) is 2.23. The molecule has 7 nitrogen and oxygen atoms in total. The van der Waals surface area contributed by atoms with Crippen molar-refractivity contribution >= 4 is 17.5 Å². The lowest BCUT2D eigenvalue weighted by Gasteiger charge is -2.37. The van der Waals surface area contributed by atoms with Crippen molar-refractivity contribution in [3.63, 3.8) is 0 Å². The van der Waals surface area contributed by atoms with Crippen LogP contribution in [0.5, 0.6) is 0 Å². The Kier molecular flexibility index (Phi) is 4.71. The average molecular weight is 376 g/mol.